The van der Waals surface area contributed by atoms with Gasteiger partial charge in [-0.05, 0) is 42.5 Å². The van der Waals surface area contributed by atoms with E-state index >= 15 is 0 Å². The molecule has 0 saturated heterocycles. The van der Waals surface area contributed by atoms with Crippen LogP contribution in [0.15, 0.2) is 47.5 Å². The molecule has 0 atom stereocenters. The van der Waals surface area contributed by atoms with Crippen LogP contribution < -0.4 is 9.54 Å². The molecule has 0 aliphatic heterocycles. The summed E-state index contributed by atoms with van der Waals surface area (Å²) in [5, 5.41) is 0. The number of rotatable bonds is 7. The largest absolute Gasteiger partial charge is 0.484 e. The maximum atomic E-state index is 12.9. The molecule has 1 aromatic heterocycles. The van der Waals surface area contributed by atoms with E-state index in [9.17, 15) is 14.0 Å². The summed E-state index contributed by atoms with van der Waals surface area (Å²) in [6.45, 7) is 0.634. The van der Waals surface area contributed by atoms with Crippen LogP contribution in [0.3, 0.4) is 0 Å². The van der Waals surface area contributed by atoms with Gasteiger partial charge in [0.15, 0.2) is 11.4 Å². The molecule has 152 valence electrons. The van der Waals surface area contributed by atoms with Crippen LogP contribution in [-0.2, 0) is 20.8 Å². The number of carbonyl (C=O) groups excluding carboxylic acids is 2. The first-order valence-corrected chi connectivity index (χ1v) is 9.50. The molecule has 1 heterocycles. The summed E-state index contributed by atoms with van der Waals surface area (Å²) >= 11 is 1.28. The van der Waals surface area contributed by atoms with Crippen molar-refractivity contribution in [2.75, 3.05) is 27.4 Å². The Bertz CT molecular complexity index is 1090. The summed E-state index contributed by atoms with van der Waals surface area (Å²) in [6.07, 6.45) is 0. The number of halogens is 1. The highest BCUT2D eigenvalue weighted by molar-refractivity contribution is 7.16. The average molecular weight is 418 g/mol. The number of aromatic nitrogens is 1. The van der Waals surface area contributed by atoms with Gasteiger partial charge in [0.25, 0.3) is 5.91 Å². The second kappa shape index (κ2) is 9.44. The predicted octanol–water partition coefficient (Wildman–Crippen LogP) is 2.78. The fourth-order valence-corrected chi connectivity index (χ4v) is 3.73. The number of thiazole rings is 1. The molecular weight excluding hydrogens is 399 g/mol. The number of hydrogen-bond donors (Lipinski definition) is 0. The topological polar surface area (TPSA) is 79.1 Å². The SMILES string of the molecule is COCCn1c(=NC(=O)COc2ccc(F)cc2)sc2cc(C(=O)OC)ccc21. The molecule has 0 fully saturated rings. The molecule has 0 unspecified atom stereocenters. The van der Waals surface area contributed by atoms with Crippen molar-refractivity contribution in [2.24, 2.45) is 4.99 Å². The maximum absolute atomic E-state index is 12.9. The number of carbonyl (C=O) groups is 2. The van der Waals surface area contributed by atoms with Crippen LogP contribution in [-0.4, -0.2) is 43.9 Å². The van der Waals surface area contributed by atoms with Crippen LogP contribution in [0.5, 0.6) is 5.75 Å². The summed E-state index contributed by atoms with van der Waals surface area (Å²) in [5.74, 6) is -0.934. The zero-order valence-corrected chi connectivity index (χ0v) is 16.7. The van der Waals surface area contributed by atoms with E-state index in [1.165, 1.54) is 42.7 Å². The van der Waals surface area contributed by atoms with Gasteiger partial charge in [-0.25, -0.2) is 9.18 Å². The van der Waals surface area contributed by atoms with Gasteiger partial charge < -0.3 is 18.8 Å². The third kappa shape index (κ3) is 5.07. The first-order chi connectivity index (χ1) is 14.0. The van der Waals surface area contributed by atoms with Gasteiger partial charge in [-0.15, -0.1) is 0 Å². The molecule has 29 heavy (non-hydrogen) atoms. The smallest absolute Gasteiger partial charge is 0.337 e. The van der Waals surface area contributed by atoms with Crippen LogP contribution >= 0.6 is 11.3 Å². The highest BCUT2D eigenvalue weighted by Crippen LogP contribution is 2.20. The van der Waals surface area contributed by atoms with Crippen molar-refractivity contribution in [3.8, 4) is 5.75 Å². The number of fused-ring (bicyclic) bond motifs is 1. The fourth-order valence-electron chi connectivity index (χ4n) is 2.62. The van der Waals surface area contributed by atoms with Crippen LogP contribution in [0, 0.1) is 5.82 Å². The van der Waals surface area contributed by atoms with Gasteiger partial charge in [0, 0.05) is 13.7 Å². The Labute approximate surface area is 170 Å². The Morgan fingerprint density at radius 1 is 1.14 bits per heavy atom. The van der Waals surface area contributed by atoms with Crippen molar-refractivity contribution in [3.05, 3.63) is 58.6 Å². The lowest BCUT2D eigenvalue weighted by atomic mass is 10.2. The van der Waals surface area contributed by atoms with Gasteiger partial charge in [-0.1, -0.05) is 11.3 Å². The first kappa shape index (κ1) is 20.7. The summed E-state index contributed by atoms with van der Waals surface area (Å²) in [6, 6.07) is 10.5. The lowest BCUT2D eigenvalue weighted by molar-refractivity contribution is -0.120. The third-order valence-electron chi connectivity index (χ3n) is 4.02. The molecule has 9 heteroatoms. The maximum Gasteiger partial charge on any atom is 0.337 e. The van der Waals surface area contributed by atoms with Crippen molar-refractivity contribution >= 4 is 33.4 Å². The zero-order chi connectivity index (χ0) is 20.8. The normalized spacial score (nSPS) is 11.6. The van der Waals surface area contributed by atoms with E-state index in [1.807, 2.05) is 4.57 Å². The van der Waals surface area contributed by atoms with Crippen molar-refractivity contribution < 1.29 is 28.2 Å². The van der Waals surface area contributed by atoms with Crippen molar-refractivity contribution in [2.45, 2.75) is 6.54 Å². The van der Waals surface area contributed by atoms with E-state index < -0.39 is 11.9 Å². The van der Waals surface area contributed by atoms with Crippen molar-refractivity contribution in [1.29, 1.82) is 0 Å². The van der Waals surface area contributed by atoms with Crippen molar-refractivity contribution in [1.82, 2.24) is 4.57 Å². The number of benzene rings is 2. The Hall–Kier alpha value is -3.04. The van der Waals surface area contributed by atoms with E-state index in [1.54, 1.807) is 25.3 Å². The molecule has 7 nitrogen and oxygen atoms in total. The van der Waals surface area contributed by atoms with E-state index in [0.29, 0.717) is 29.3 Å². The quantitative estimate of drug-likeness (QED) is 0.552. The lowest BCUT2D eigenvalue weighted by Gasteiger charge is -2.05. The van der Waals surface area contributed by atoms with Gasteiger partial charge in [-0.3, -0.25) is 4.79 Å². The molecule has 0 aliphatic carbocycles. The molecule has 3 aromatic rings. The summed E-state index contributed by atoms with van der Waals surface area (Å²) in [5.41, 5.74) is 1.24. The number of nitrogens with zero attached hydrogens (tertiary/aromatic N) is 2. The minimum atomic E-state index is -0.486. The highest BCUT2D eigenvalue weighted by Gasteiger charge is 2.12. The molecule has 0 bridgehead atoms. The average Bonchev–Trinajstić information content (AvgIpc) is 3.07. The van der Waals surface area contributed by atoms with Gasteiger partial charge in [0.2, 0.25) is 0 Å². The van der Waals surface area contributed by atoms with Gasteiger partial charge >= 0.3 is 5.97 Å². The second-order valence-electron chi connectivity index (χ2n) is 5.95. The Balaban J connectivity index is 1.89. The minimum absolute atomic E-state index is 0.280. The summed E-state index contributed by atoms with van der Waals surface area (Å²) < 4.78 is 30.8. The van der Waals surface area contributed by atoms with Gasteiger partial charge in [-0.2, -0.15) is 4.99 Å². The molecule has 0 radical (unpaired) electrons. The predicted molar refractivity (Wildman–Crippen MR) is 105 cm³/mol. The monoisotopic (exact) mass is 418 g/mol. The number of ether oxygens (including phenoxy) is 3. The van der Waals surface area contributed by atoms with Crippen LogP contribution in [0.4, 0.5) is 4.39 Å². The number of methoxy groups -OCH3 is 2. The molecule has 1 amide bonds. The van der Waals surface area contributed by atoms with Crippen molar-refractivity contribution in [3.63, 3.8) is 0 Å². The first-order valence-electron chi connectivity index (χ1n) is 8.68. The molecule has 2 aromatic carbocycles. The van der Waals surface area contributed by atoms with Gasteiger partial charge in [0.05, 0.1) is 29.5 Å². The Morgan fingerprint density at radius 2 is 1.90 bits per heavy atom. The van der Waals surface area contributed by atoms with E-state index in [0.717, 1.165) is 10.2 Å². The number of amides is 1. The molecule has 0 N–H and O–H groups in total. The molecule has 0 spiro atoms. The number of hydrogen-bond acceptors (Lipinski definition) is 6. The Morgan fingerprint density at radius 3 is 2.59 bits per heavy atom. The minimum Gasteiger partial charge on any atom is -0.484 e. The second-order valence-corrected chi connectivity index (χ2v) is 6.96. The molecule has 3 rings (SSSR count). The Kier molecular flexibility index (Phi) is 6.73. The van der Waals surface area contributed by atoms with Crippen LogP contribution in [0.1, 0.15) is 10.4 Å². The van der Waals surface area contributed by atoms with E-state index in [4.69, 9.17) is 14.2 Å². The molecular formula is C20H19FN2O5S. The van der Waals surface area contributed by atoms with E-state index in [2.05, 4.69) is 4.99 Å². The summed E-state index contributed by atoms with van der Waals surface area (Å²) in [7, 11) is 2.91. The standard InChI is InChI=1S/C20H19FN2O5S/c1-26-10-9-23-16-8-3-13(19(25)27-2)11-17(16)29-20(23)22-18(24)12-28-15-6-4-14(21)5-7-15/h3-8,11H,9-10,12H2,1-2H3. The fraction of sp³-hybridized carbons (Fsp3) is 0.250. The van der Waals surface area contributed by atoms with E-state index in [-0.39, 0.29) is 12.4 Å². The third-order valence-corrected chi connectivity index (χ3v) is 5.06. The van der Waals surface area contributed by atoms with Gasteiger partial charge in [0.1, 0.15) is 11.6 Å². The van der Waals surface area contributed by atoms with Crippen LogP contribution in [0.25, 0.3) is 10.2 Å². The lowest BCUT2D eigenvalue weighted by Crippen LogP contribution is -2.21. The molecule has 0 saturated carbocycles. The van der Waals surface area contributed by atoms with Crippen LogP contribution in [0.2, 0.25) is 0 Å². The molecule has 0 aliphatic rings. The summed E-state index contributed by atoms with van der Waals surface area (Å²) in [4.78, 5) is 28.7. The highest BCUT2D eigenvalue weighted by atomic mass is 32.1. The number of esters is 1. The zero-order valence-electron chi connectivity index (χ0n) is 15.9.